The molecule has 0 fully saturated rings. The number of carboxylic acids is 1. The first kappa shape index (κ1) is 16.4. The highest BCUT2D eigenvalue weighted by atomic mass is 19.1. The molecule has 0 aliphatic carbocycles. The first-order valence-electron chi connectivity index (χ1n) is 6.08. The van der Waals surface area contributed by atoms with E-state index in [-0.39, 0.29) is 18.8 Å². The van der Waals surface area contributed by atoms with Gasteiger partial charge in [-0.1, -0.05) is 12.1 Å². The van der Waals surface area contributed by atoms with Crippen molar-refractivity contribution in [1.82, 2.24) is 5.32 Å². The second-order valence-electron chi connectivity index (χ2n) is 4.16. The molecule has 0 aliphatic heterocycles. The molecule has 0 radical (unpaired) electrons. The number of halogens is 1. The molecule has 1 unspecified atom stereocenters. The van der Waals surface area contributed by atoms with E-state index in [0.29, 0.717) is 0 Å². The number of carbonyl (C=O) groups excluding carboxylic acids is 2. The molecule has 0 aromatic heterocycles. The monoisotopic (exact) mass is 298 g/mol. The van der Waals surface area contributed by atoms with Crippen molar-refractivity contribution in [1.29, 1.82) is 0 Å². The fourth-order valence-electron chi connectivity index (χ4n) is 1.48. The van der Waals surface area contributed by atoms with Crippen molar-refractivity contribution in [2.75, 3.05) is 6.61 Å². The predicted molar refractivity (Wildman–Crippen MR) is 69.9 cm³/mol. The first-order chi connectivity index (χ1) is 9.90. The van der Waals surface area contributed by atoms with Gasteiger partial charge in [0, 0.05) is 0 Å². The summed E-state index contributed by atoms with van der Waals surface area (Å²) in [6.45, 7) is -0.129. The lowest BCUT2D eigenvalue weighted by atomic mass is 10.2. The van der Waals surface area contributed by atoms with Gasteiger partial charge in [0.05, 0.1) is 19.4 Å². The number of amides is 2. The number of carboxylic acid groups (broad SMARTS) is 1. The molecule has 4 N–H and O–H groups in total. The third-order valence-corrected chi connectivity index (χ3v) is 2.46. The summed E-state index contributed by atoms with van der Waals surface area (Å²) < 4.78 is 18.3. The minimum absolute atomic E-state index is 0.00257. The van der Waals surface area contributed by atoms with E-state index in [1.165, 1.54) is 18.2 Å². The number of para-hydroxylation sites is 1. The zero-order chi connectivity index (χ0) is 15.8. The number of ether oxygens (including phenoxy) is 1. The Hall–Kier alpha value is -2.64. The van der Waals surface area contributed by atoms with Crippen LogP contribution in [-0.4, -0.2) is 35.5 Å². The van der Waals surface area contributed by atoms with Crippen LogP contribution in [0.2, 0.25) is 0 Å². The van der Waals surface area contributed by atoms with Gasteiger partial charge in [0.25, 0.3) is 0 Å². The fraction of sp³-hybridized carbons (Fsp3) is 0.308. The lowest BCUT2D eigenvalue weighted by molar-refractivity contribution is -0.143. The van der Waals surface area contributed by atoms with Crippen LogP contribution in [0.4, 0.5) is 4.39 Å². The van der Waals surface area contributed by atoms with Crippen LogP contribution in [-0.2, 0) is 14.4 Å². The summed E-state index contributed by atoms with van der Waals surface area (Å²) in [4.78, 5) is 33.0. The quantitative estimate of drug-likeness (QED) is 0.626. The van der Waals surface area contributed by atoms with Crippen LogP contribution in [0.3, 0.4) is 0 Å². The number of hydrogen-bond donors (Lipinski definition) is 3. The summed E-state index contributed by atoms with van der Waals surface area (Å²) in [5.74, 6) is -3.41. The Balaban J connectivity index is 2.41. The number of carbonyl (C=O) groups is 3. The number of nitrogens with one attached hydrogen (secondary N) is 1. The smallest absolute Gasteiger partial charge is 0.326 e. The second kappa shape index (κ2) is 7.83. The van der Waals surface area contributed by atoms with E-state index in [2.05, 4.69) is 5.32 Å². The molecule has 7 nitrogen and oxygen atoms in total. The highest BCUT2D eigenvalue weighted by Gasteiger charge is 2.21. The maximum absolute atomic E-state index is 13.2. The Morgan fingerprint density at radius 3 is 2.57 bits per heavy atom. The van der Waals surface area contributed by atoms with E-state index < -0.39 is 36.1 Å². The van der Waals surface area contributed by atoms with Crippen LogP contribution in [0, 0.1) is 5.82 Å². The molecule has 1 aromatic rings. The Morgan fingerprint density at radius 1 is 1.33 bits per heavy atom. The summed E-state index contributed by atoms with van der Waals surface area (Å²) >= 11 is 0. The average molecular weight is 298 g/mol. The van der Waals surface area contributed by atoms with Crippen molar-refractivity contribution in [2.45, 2.75) is 18.9 Å². The van der Waals surface area contributed by atoms with Crippen molar-refractivity contribution < 1.29 is 28.6 Å². The molecule has 114 valence electrons. The van der Waals surface area contributed by atoms with E-state index >= 15 is 0 Å². The lowest BCUT2D eigenvalue weighted by Crippen LogP contribution is -2.43. The maximum Gasteiger partial charge on any atom is 0.326 e. The van der Waals surface area contributed by atoms with Gasteiger partial charge < -0.3 is 20.9 Å². The van der Waals surface area contributed by atoms with Crippen molar-refractivity contribution in [3.05, 3.63) is 30.1 Å². The van der Waals surface area contributed by atoms with Crippen LogP contribution in [0.5, 0.6) is 5.75 Å². The SMILES string of the molecule is NC(=O)CC(NC(=O)CCOc1ccccc1F)C(=O)O. The van der Waals surface area contributed by atoms with E-state index in [4.69, 9.17) is 15.6 Å². The van der Waals surface area contributed by atoms with Crippen LogP contribution >= 0.6 is 0 Å². The Labute approximate surface area is 119 Å². The normalized spacial score (nSPS) is 11.5. The van der Waals surface area contributed by atoms with Crippen LogP contribution in [0.1, 0.15) is 12.8 Å². The molecule has 2 amide bonds. The number of benzene rings is 1. The number of primary amides is 1. The zero-order valence-electron chi connectivity index (χ0n) is 11.0. The first-order valence-corrected chi connectivity index (χ1v) is 6.08. The molecule has 1 aromatic carbocycles. The molecule has 1 rings (SSSR count). The standard InChI is InChI=1S/C13H15FN2O5/c14-8-3-1-2-4-10(8)21-6-5-12(18)16-9(13(19)20)7-11(15)17/h1-4,9H,5-7H2,(H2,15,17)(H,16,18)(H,19,20). The van der Waals surface area contributed by atoms with Gasteiger partial charge in [0.1, 0.15) is 6.04 Å². The Morgan fingerprint density at radius 2 is 2.00 bits per heavy atom. The van der Waals surface area contributed by atoms with Gasteiger partial charge in [-0.15, -0.1) is 0 Å². The van der Waals surface area contributed by atoms with Crippen molar-refractivity contribution in [3.8, 4) is 5.75 Å². The Bertz CT molecular complexity index is 535. The third-order valence-electron chi connectivity index (χ3n) is 2.46. The average Bonchev–Trinajstić information content (AvgIpc) is 2.39. The summed E-state index contributed by atoms with van der Waals surface area (Å²) in [6, 6.07) is 4.30. The van der Waals surface area contributed by atoms with Crippen LogP contribution < -0.4 is 15.8 Å². The molecule has 0 heterocycles. The van der Waals surface area contributed by atoms with Gasteiger partial charge in [0.15, 0.2) is 11.6 Å². The van der Waals surface area contributed by atoms with Gasteiger partial charge in [-0.2, -0.15) is 0 Å². The molecular formula is C13H15FN2O5. The highest BCUT2D eigenvalue weighted by molar-refractivity contribution is 5.88. The largest absolute Gasteiger partial charge is 0.490 e. The second-order valence-corrected chi connectivity index (χ2v) is 4.16. The number of nitrogens with two attached hydrogens (primary N) is 1. The molecular weight excluding hydrogens is 283 g/mol. The van der Waals surface area contributed by atoms with Gasteiger partial charge in [0.2, 0.25) is 11.8 Å². The van der Waals surface area contributed by atoms with Crippen molar-refractivity contribution in [3.63, 3.8) is 0 Å². The molecule has 1 atom stereocenters. The number of hydrogen-bond acceptors (Lipinski definition) is 4. The molecule has 8 heteroatoms. The molecule has 0 aliphatic rings. The third kappa shape index (κ3) is 5.89. The van der Waals surface area contributed by atoms with Gasteiger partial charge in [-0.05, 0) is 12.1 Å². The summed E-state index contributed by atoms with van der Waals surface area (Å²) in [5, 5.41) is 10.9. The van der Waals surface area contributed by atoms with Gasteiger partial charge in [-0.25, -0.2) is 9.18 Å². The molecule has 21 heavy (non-hydrogen) atoms. The number of rotatable bonds is 8. The van der Waals surface area contributed by atoms with E-state index in [1.54, 1.807) is 6.07 Å². The molecule has 0 spiro atoms. The van der Waals surface area contributed by atoms with E-state index in [9.17, 15) is 18.8 Å². The minimum atomic E-state index is -1.39. The molecule has 0 bridgehead atoms. The maximum atomic E-state index is 13.2. The predicted octanol–water partition coefficient (Wildman–Crippen LogP) is 0.0394. The van der Waals surface area contributed by atoms with Crippen LogP contribution in [0.15, 0.2) is 24.3 Å². The summed E-state index contributed by atoms with van der Waals surface area (Å²) in [6.07, 6.45) is -0.688. The van der Waals surface area contributed by atoms with Gasteiger partial charge in [-0.3, -0.25) is 9.59 Å². The van der Waals surface area contributed by atoms with E-state index in [1.807, 2.05) is 0 Å². The zero-order valence-corrected chi connectivity index (χ0v) is 11.0. The van der Waals surface area contributed by atoms with Crippen molar-refractivity contribution in [2.24, 2.45) is 5.73 Å². The molecule has 0 saturated heterocycles. The fourth-order valence-corrected chi connectivity index (χ4v) is 1.48. The minimum Gasteiger partial charge on any atom is -0.490 e. The van der Waals surface area contributed by atoms with E-state index in [0.717, 1.165) is 0 Å². The topological polar surface area (TPSA) is 119 Å². The van der Waals surface area contributed by atoms with Crippen LogP contribution in [0.25, 0.3) is 0 Å². The van der Waals surface area contributed by atoms with Crippen molar-refractivity contribution >= 4 is 17.8 Å². The number of aliphatic carboxylic acids is 1. The highest BCUT2D eigenvalue weighted by Crippen LogP contribution is 2.15. The van der Waals surface area contributed by atoms with Gasteiger partial charge >= 0.3 is 5.97 Å². The Kier molecular flexibility index (Phi) is 6.12. The molecule has 0 saturated carbocycles. The summed E-state index contributed by atoms with van der Waals surface area (Å²) in [7, 11) is 0. The summed E-state index contributed by atoms with van der Waals surface area (Å²) in [5.41, 5.74) is 4.88. The lowest BCUT2D eigenvalue weighted by Gasteiger charge is -2.13.